The summed E-state index contributed by atoms with van der Waals surface area (Å²) in [5.41, 5.74) is 10.2. The molecule has 0 saturated heterocycles. The molecule has 3 rings (SSSR count). The smallest absolute Gasteiger partial charge is 0.127 e. The third kappa shape index (κ3) is 2.75. The number of unbranched alkanes of at least 4 members (excludes halogenated alkanes) is 1. The van der Waals surface area contributed by atoms with Gasteiger partial charge in [-0.2, -0.15) is 5.10 Å². The molecule has 0 spiro atoms. The lowest BCUT2D eigenvalue weighted by atomic mass is 10.2. The van der Waals surface area contributed by atoms with Crippen LogP contribution in [0.5, 0.6) is 0 Å². The molecule has 0 saturated carbocycles. The van der Waals surface area contributed by atoms with Crippen molar-refractivity contribution < 1.29 is 0 Å². The Morgan fingerprint density at radius 1 is 1.14 bits per heavy atom. The van der Waals surface area contributed by atoms with Gasteiger partial charge < -0.3 is 5.73 Å². The van der Waals surface area contributed by atoms with Crippen LogP contribution in [0.3, 0.4) is 0 Å². The van der Waals surface area contributed by atoms with Gasteiger partial charge in [-0.15, -0.1) is 0 Å². The summed E-state index contributed by atoms with van der Waals surface area (Å²) < 4.78 is 1.81. The third-order valence-corrected chi connectivity index (χ3v) is 3.63. The Hall–Kier alpha value is -2.36. The van der Waals surface area contributed by atoms with Crippen LogP contribution in [0.25, 0.3) is 16.6 Å². The number of nitrogen functional groups attached to an aromatic ring is 1. The Bertz CT molecular complexity index is 774. The highest BCUT2D eigenvalue weighted by Crippen LogP contribution is 2.20. The summed E-state index contributed by atoms with van der Waals surface area (Å²) in [6, 6.07) is 12.2. The fourth-order valence-electron chi connectivity index (χ4n) is 2.48. The summed E-state index contributed by atoms with van der Waals surface area (Å²) in [4.78, 5) is 4.52. The lowest BCUT2D eigenvalue weighted by molar-refractivity contribution is 0.754. The van der Waals surface area contributed by atoms with Gasteiger partial charge in [-0.25, -0.2) is 4.68 Å². The van der Waals surface area contributed by atoms with E-state index in [0.29, 0.717) is 5.82 Å². The number of benzene rings is 1. The van der Waals surface area contributed by atoms with Crippen LogP contribution in [0.1, 0.15) is 31.2 Å². The van der Waals surface area contributed by atoms with Crippen molar-refractivity contribution in [2.24, 2.45) is 0 Å². The molecule has 0 unspecified atom stereocenters. The summed E-state index contributed by atoms with van der Waals surface area (Å²) in [5.74, 6) is 0.681. The number of nitrogens with two attached hydrogens (primary N) is 1. The minimum absolute atomic E-state index is 0.681. The van der Waals surface area contributed by atoms with Crippen molar-refractivity contribution in [3.8, 4) is 5.69 Å². The zero-order chi connectivity index (χ0) is 14.8. The highest BCUT2D eigenvalue weighted by molar-refractivity contribution is 5.81. The summed E-state index contributed by atoms with van der Waals surface area (Å²) >= 11 is 0. The molecule has 2 heterocycles. The number of aryl methyl sites for hydroxylation is 2. The number of rotatable bonds is 4. The molecule has 0 aliphatic heterocycles. The van der Waals surface area contributed by atoms with Gasteiger partial charge in [0.05, 0.1) is 16.9 Å². The molecule has 1 aromatic carbocycles. The lowest BCUT2D eigenvalue weighted by Crippen LogP contribution is -2.02. The predicted octanol–water partition coefficient (Wildman–Crippen LogP) is 3.65. The van der Waals surface area contributed by atoms with Gasteiger partial charge in [-0.3, -0.25) is 4.98 Å². The highest BCUT2D eigenvalue weighted by atomic mass is 15.3. The van der Waals surface area contributed by atoms with Crippen molar-refractivity contribution >= 4 is 16.7 Å². The Morgan fingerprint density at radius 2 is 2.00 bits per heavy atom. The molecule has 3 aromatic rings. The zero-order valence-corrected chi connectivity index (χ0v) is 12.5. The van der Waals surface area contributed by atoms with Crippen molar-refractivity contribution in [3.63, 3.8) is 0 Å². The molecule has 4 heteroatoms. The van der Waals surface area contributed by atoms with Gasteiger partial charge >= 0.3 is 0 Å². The van der Waals surface area contributed by atoms with E-state index in [4.69, 9.17) is 5.73 Å². The Labute approximate surface area is 124 Å². The van der Waals surface area contributed by atoms with E-state index in [2.05, 4.69) is 29.1 Å². The van der Waals surface area contributed by atoms with Gasteiger partial charge in [0.25, 0.3) is 0 Å². The van der Waals surface area contributed by atoms with Crippen molar-refractivity contribution in [1.82, 2.24) is 14.8 Å². The van der Waals surface area contributed by atoms with Crippen LogP contribution in [-0.4, -0.2) is 14.8 Å². The number of hydrogen-bond donors (Lipinski definition) is 1. The summed E-state index contributed by atoms with van der Waals surface area (Å²) in [5, 5.41) is 5.71. The maximum absolute atomic E-state index is 6.10. The van der Waals surface area contributed by atoms with E-state index < -0.39 is 0 Å². The fraction of sp³-hybridized carbons (Fsp3) is 0.294. The van der Waals surface area contributed by atoms with Crippen LogP contribution in [0.15, 0.2) is 36.4 Å². The first-order chi connectivity index (χ1) is 10.2. The third-order valence-electron chi connectivity index (χ3n) is 3.63. The molecule has 0 atom stereocenters. The zero-order valence-electron chi connectivity index (χ0n) is 12.5. The number of nitrogens with zero attached hydrogens (tertiary/aromatic N) is 3. The number of anilines is 1. The van der Waals surface area contributed by atoms with Crippen LogP contribution in [0.4, 0.5) is 5.82 Å². The predicted molar refractivity (Wildman–Crippen MR) is 86.6 cm³/mol. The second kappa shape index (κ2) is 5.56. The van der Waals surface area contributed by atoms with E-state index in [0.717, 1.165) is 47.2 Å². The van der Waals surface area contributed by atoms with Gasteiger partial charge in [0.1, 0.15) is 5.82 Å². The summed E-state index contributed by atoms with van der Waals surface area (Å²) in [6.45, 7) is 4.18. The molecular weight excluding hydrogens is 260 g/mol. The van der Waals surface area contributed by atoms with Crippen LogP contribution in [-0.2, 0) is 6.42 Å². The molecule has 0 fully saturated rings. The second-order valence-electron chi connectivity index (χ2n) is 5.41. The SMILES string of the molecule is CCCCc1cc(N)n(-c2ccc3nc(C)ccc3c2)n1. The first-order valence-electron chi connectivity index (χ1n) is 7.39. The monoisotopic (exact) mass is 280 g/mol. The molecule has 0 radical (unpaired) electrons. The van der Waals surface area contributed by atoms with Gasteiger partial charge in [-0.05, 0) is 44.0 Å². The van der Waals surface area contributed by atoms with Crippen molar-refractivity contribution in [3.05, 3.63) is 47.8 Å². The Kier molecular flexibility index (Phi) is 3.60. The average Bonchev–Trinajstić information content (AvgIpc) is 2.85. The first kappa shape index (κ1) is 13.6. The molecule has 0 aliphatic rings. The van der Waals surface area contributed by atoms with E-state index in [1.54, 1.807) is 0 Å². The van der Waals surface area contributed by atoms with Crippen LogP contribution in [0.2, 0.25) is 0 Å². The van der Waals surface area contributed by atoms with E-state index >= 15 is 0 Å². The highest BCUT2D eigenvalue weighted by Gasteiger charge is 2.07. The topological polar surface area (TPSA) is 56.7 Å². The van der Waals surface area contributed by atoms with E-state index in [1.807, 2.05) is 35.9 Å². The lowest BCUT2D eigenvalue weighted by Gasteiger charge is -2.06. The minimum Gasteiger partial charge on any atom is -0.384 e. The molecule has 2 aromatic heterocycles. The number of pyridine rings is 1. The largest absolute Gasteiger partial charge is 0.384 e. The van der Waals surface area contributed by atoms with Gasteiger partial charge in [0.2, 0.25) is 0 Å². The molecule has 108 valence electrons. The van der Waals surface area contributed by atoms with Crippen molar-refractivity contribution in [2.75, 3.05) is 5.73 Å². The first-order valence-corrected chi connectivity index (χ1v) is 7.39. The number of aromatic nitrogens is 3. The van der Waals surface area contributed by atoms with Crippen molar-refractivity contribution in [2.45, 2.75) is 33.1 Å². The van der Waals surface area contributed by atoms with E-state index in [9.17, 15) is 0 Å². The molecule has 4 nitrogen and oxygen atoms in total. The molecule has 0 bridgehead atoms. The standard InChI is InChI=1S/C17H20N4/c1-3-4-5-14-11-17(18)21(20-14)15-8-9-16-13(10-15)7-6-12(2)19-16/h6-11H,3-5,18H2,1-2H3. The molecule has 21 heavy (non-hydrogen) atoms. The fourth-order valence-corrected chi connectivity index (χ4v) is 2.48. The average molecular weight is 280 g/mol. The quantitative estimate of drug-likeness (QED) is 0.793. The number of hydrogen-bond acceptors (Lipinski definition) is 3. The van der Waals surface area contributed by atoms with Crippen molar-refractivity contribution in [1.29, 1.82) is 0 Å². The number of fused-ring (bicyclic) bond motifs is 1. The maximum atomic E-state index is 6.10. The van der Waals surface area contributed by atoms with E-state index in [1.165, 1.54) is 0 Å². The normalized spacial score (nSPS) is 11.1. The summed E-state index contributed by atoms with van der Waals surface area (Å²) in [6.07, 6.45) is 3.27. The molecular formula is C17H20N4. The Balaban J connectivity index is 1.99. The summed E-state index contributed by atoms with van der Waals surface area (Å²) in [7, 11) is 0. The molecule has 0 amide bonds. The second-order valence-corrected chi connectivity index (χ2v) is 5.41. The Morgan fingerprint density at radius 3 is 2.81 bits per heavy atom. The molecule has 2 N–H and O–H groups in total. The molecule has 0 aliphatic carbocycles. The van der Waals surface area contributed by atoms with Gasteiger partial charge in [0.15, 0.2) is 0 Å². The van der Waals surface area contributed by atoms with Gasteiger partial charge in [-0.1, -0.05) is 19.4 Å². The van der Waals surface area contributed by atoms with Crippen LogP contribution < -0.4 is 5.73 Å². The van der Waals surface area contributed by atoms with E-state index in [-0.39, 0.29) is 0 Å². The minimum atomic E-state index is 0.681. The maximum Gasteiger partial charge on any atom is 0.127 e. The van der Waals surface area contributed by atoms with Crippen LogP contribution in [0, 0.1) is 6.92 Å². The van der Waals surface area contributed by atoms with Crippen LogP contribution >= 0.6 is 0 Å². The van der Waals surface area contributed by atoms with Gasteiger partial charge in [0, 0.05) is 17.1 Å².